The van der Waals surface area contributed by atoms with Crippen molar-refractivity contribution < 1.29 is 104 Å². The molecular weight excluding hydrogens is 1110 g/mol. The minimum Gasteiger partial charge on any atom is -0.477 e. The van der Waals surface area contributed by atoms with Crippen LogP contribution in [0.25, 0.3) is 0 Å². The molecule has 23 nitrogen and oxygen atoms in total. The van der Waals surface area contributed by atoms with E-state index in [1.165, 1.54) is 109 Å². The fourth-order valence-electron chi connectivity index (χ4n) is 11.5. The van der Waals surface area contributed by atoms with Crippen molar-refractivity contribution in [1.82, 2.24) is 10.6 Å². The van der Waals surface area contributed by atoms with Gasteiger partial charge in [-0.2, -0.15) is 0 Å². The molecule has 18 atom stereocenters. The highest BCUT2D eigenvalue weighted by Crippen LogP contribution is 2.38. The van der Waals surface area contributed by atoms with E-state index in [-0.39, 0.29) is 18.9 Å². The van der Waals surface area contributed by atoms with E-state index in [1.807, 2.05) is 0 Å². The van der Waals surface area contributed by atoms with Gasteiger partial charge in [0.25, 0.3) is 5.79 Å². The molecule has 23 heteroatoms. The van der Waals surface area contributed by atoms with Gasteiger partial charge in [0.15, 0.2) is 12.6 Å². The van der Waals surface area contributed by atoms with Crippen LogP contribution in [0.2, 0.25) is 0 Å². The number of nitrogens with one attached hydrogen (secondary N) is 2. The molecule has 3 aliphatic rings. The molecule has 0 radical (unpaired) electrons. The fraction of sp³-hybridized carbons (Fsp3) is 0.919. The minimum absolute atomic E-state index is 0.214. The molecule has 0 aromatic carbocycles. The Morgan fingerprint density at radius 3 is 1.62 bits per heavy atom. The summed E-state index contributed by atoms with van der Waals surface area (Å²) in [6.45, 7) is 2.14. The van der Waals surface area contributed by atoms with E-state index >= 15 is 0 Å². The Morgan fingerprint density at radius 2 is 1.11 bits per heavy atom. The van der Waals surface area contributed by atoms with Crippen LogP contribution in [0.1, 0.15) is 226 Å². The molecule has 0 spiro atoms. The second-order valence-electron chi connectivity index (χ2n) is 24.0. The number of aliphatic carboxylic acids is 1. The third-order valence-corrected chi connectivity index (χ3v) is 16.7. The van der Waals surface area contributed by atoms with Gasteiger partial charge in [-0.15, -0.1) is 0 Å². The van der Waals surface area contributed by atoms with E-state index < -0.39 is 148 Å². The number of hydrogen-bond acceptors (Lipinski definition) is 20. The van der Waals surface area contributed by atoms with Crippen LogP contribution in [-0.2, 0) is 42.8 Å². The Balaban J connectivity index is 1.61. The standard InChI is InChI=1S/C62H114N2O21/c1-4-6-8-10-12-14-16-17-18-19-20-21-22-23-24-26-27-29-31-33-35-44(69)43(64-49(72)36-34-32-30-28-25-15-13-11-9-7-5-2)41-80-59-54(76)53(75)56(48(40-67)82-59)83-60-55(77)58(52(74)47(39-66)81-60)85-62(61(78)79)37-45(70)50(63-42(3)68)57(84-62)51(73)46(71)38-65/h11,13,43-48,50-60,65-67,69-71,73-77H,4-10,12,14-41H2,1-3H3,(H,63,68)(H,64,72)(H,78,79)/b13-11-. The van der Waals surface area contributed by atoms with Crippen LogP contribution in [0.3, 0.4) is 0 Å². The first kappa shape index (κ1) is 76.7. The van der Waals surface area contributed by atoms with Crippen LogP contribution >= 0.6 is 0 Å². The topological polar surface area (TPSA) is 373 Å². The van der Waals surface area contributed by atoms with Crippen LogP contribution in [0, 0.1) is 0 Å². The molecule has 18 unspecified atom stereocenters. The summed E-state index contributed by atoms with van der Waals surface area (Å²) >= 11 is 0. The van der Waals surface area contributed by atoms with Crippen LogP contribution in [0.4, 0.5) is 0 Å². The average molecular weight is 1220 g/mol. The van der Waals surface area contributed by atoms with Gasteiger partial charge in [-0.3, -0.25) is 9.59 Å². The number of hydrogen-bond donors (Lipinski definition) is 14. The fourth-order valence-corrected chi connectivity index (χ4v) is 11.5. The van der Waals surface area contributed by atoms with Gasteiger partial charge in [-0.25, -0.2) is 4.79 Å². The number of unbranched alkanes of at least 4 members (excludes halogenated alkanes) is 26. The quantitative estimate of drug-likeness (QED) is 0.0298. The highest BCUT2D eigenvalue weighted by molar-refractivity contribution is 5.77. The smallest absolute Gasteiger partial charge is 0.364 e. The summed E-state index contributed by atoms with van der Waals surface area (Å²) in [5.41, 5.74) is 0. The van der Waals surface area contributed by atoms with Gasteiger partial charge < -0.3 is 100 Å². The molecule has 498 valence electrons. The molecule has 0 saturated carbocycles. The van der Waals surface area contributed by atoms with E-state index in [0.717, 1.165) is 71.1 Å². The molecule has 3 heterocycles. The van der Waals surface area contributed by atoms with Gasteiger partial charge in [-0.05, 0) is 32.1 Å². The Morgan fingerprint density at radius 1 is 0.600 bits per heavy atom. The highest BCUT2D eigenvalue weighted by atomic mass is 16.8. The largest absolute Gasteiger partial charge is 0.477 e. The summed E-state index contributed by atoms with van der Waals surface area (Å²) in [4.78, 5) is 38.4. The summed E-state index contributed by atoms with van der Waals surface area (Å²) in [7, 11) is 0. The molecule has 0 aromatic heterocycles. The number of carbonyl (C=O) groups is 3. The monoisotopic (exact) mass is 1220 g/mol. The van der Waals surface area contributed by atoms with Crippen molar-refractivity contribution in [3.8, 4) is 0 Å². The number of amides is 2. The lowest BCUT2D eigenvalue weighted by Crippen LogP contribution is -2.70. The number of carboxylic acids is 1. The summed E-state index contributed by atoms with van der Waals surface area (Å²) in [5, 5.41) is 136. The Bertz CT molecular complexity index is 1790. The molecule has 0 aromatic rings. The normalized spacial score (nSPS) is 29.6. The highest BCUT2D eigenvalue weighted by Gasteiger charge is 2.60. The van der Waals surface area contributed by atoms with Gasteiger partial charge in [-0.1, -0.05) is 187 Å². The van der Waals surface area contributed by atoms with Crippen LogP contribution in [-0.4, -0.2) is 215 Å². The zero-order valence-corrected chi connectivity index (χ0v) is 51.5. The van der Waals surface area contributed by atoms with Gasteiger partial charge in [0.1, 0.15) is 67.1 Å². The number of rotatable bonds is 48. The maximum atomic E-state index is 13.4. The number of carbonyl (C=O) groups excluding carboxylic acids is 2. The van der Waals surface area contributed by atoms with Crippen molar-refractivity contribution in [2.75, 3.05) is 26.4 Å². The number of carboxylic acid groups (broad SMARTS) is 1. The Labute approximate surface area is 505 Å². The maximum absolute atomic E-state index is 13.4. The zero-order valence-electron chi connectivity index (χ0n) is 51.5. The van der Waals surface area contributed by atoms with Crippen molar-refractivity contribution in [3.63, 3.8) is 0 Å². The number of allylic oxidation sites excluding steroid dienone is 2. The Kier molecular flexibility index (Phi) is 39.7. The van der Waals surface area contributed by atoms with Gasteiger partial charge in [0.2, 0.25) is 11.8 Å². The molecule has 0 aliphatic carbocycles. The van der Waals surface area contributed by atoms with Gasteiger partial charge >= 0.3 is 5.97 Å². The van der Waals surface area contributed by atoms with Crippen molar-refractivity contribution >= 4 is 17.8 Å². The third kappa shape index (κ3) is 27.6. The lowest BCUT2D eigenvalue weighted by molar-refractivity contribution is -0.386. The molecule has 3 rings (SSSR count). The first-order valence-electron chi connectivity index (χ1n) is 32.5. The van der Waals surface area contributed by atoms with Crippen LogP contribution in [0.15, 0.2) is 12.2 Å². The average Bonchev–Trinajstić information content (AvgIpc) is 2.35. The molecule has 2 amide bonds. The maximum Gasteiger partial charge on any atom is 0.364 e. The molecule has 3 saturated heterocycles. The summed E-state index contributed by atoms with van der Waals surface area (Å²) in [6.07, 6.45) is 9.52. The molecule has 14 N–H and O–H groups in total. The van der Waals surface area contributed by atoms with E-state index in [9.17, 15) is 75.7 Å². The SMILES string of the molecule is CCCC/C=C\CCCCCCCC(=O)NC(COC1OC(CO)C(OC2OC(CO)C(O)C(OC3(C(=O)O)CC(O)C(NC(C)=O)C(C(O)C(O)CO)O3)C2O)C(O)C1O)C(O)CCCCCCCCCCCCCCCCCCCCCC. The molecular formula is C62H114N2O21. The lowest BCUT2D eigenvalue weighted by atomic mass is 9.88. The number of aliphatic hydroxyl groups is 11. The molecule has 85 heavy (non-hydrogen) atoms. The van der Waals surface area contributed by atoms with Gasteiger partial charge in [0.05, 0.1) is 50.7 Å². The summed E-state index contributed by atoms with van der Waals surface area (Å²) < 4.78 is 34.8. The second kappa shape index (κ2) is 44.0. The lowest BCUT2D eigenvalue weighted by Gasteiger charge is -2.50. The first-order chi connectivity index (χ1) is 40.9. The van der Waals surface area contributed by atoms with Gasteiger partial charge in [0, 0.05) is 19.8 Å². The number of ether oxygens (including phenoxy) is 6. The molecule has 3 aliphatic heterocycles. The van der Waals surface area contributed by atoms with Crippen LogP contribution < -0.4 is 10.6 Å². The van der Waals surface area contributed by atoms with E-state index in [2.05, 4.69) is 36.6 Å². The predicted molar refractivity (Wildman–Crippen MR) is 315 cm³/mol. The summed E-state index contributed by atoms with van der Waals surface area (Å²) in [5.74, 6) is -6.11. The second-order valence-corrected chi connectivity index (χ2v) is 24.0. The van der Waals surface area contributed by atoms with Crippen molar-refractivity contribution in [1.29, 1.82) is 0 Å². The first-order valence-corrected chi connectivity index (χ1v) is 32.5. The number of aliphatic hydroxyl groups excluding tert-OH is 11. The van der Waals surface area contributed by atoms with Crippen molar-refractivity contribution in [2.45, 2.75) is 336 Å². The van der Waals surface area contributed by atoms with E-state index in [0.29, 0.717) is 19.3 Å². The van der Waals surface area contributed by atoms with Crippen molar-refractivity contribution in [2.24, 2.45) is 0 Å². The zero-order chi connectivity index (χ0) is 62.6. The molecule has 0 bridgehead atoms. The molecule has 3 fully saturated rings. The van der Waals surface area contributed by atoms with E-state index in [4.69, 9.17) is 28.4 Å². The third-order valence-electron chi connectivity index (χ3n) is 16.7. The van der Waals surface area contributed by atoms with Crippen molar-refractivity contribution in [3.05, 3.63) is 12.2 Å². The minimum atomic E-state index is -3.08. The van der Waals surface area contributed by atoms with E-state index in [1.54, 1.807) is 0 Å². The van der Waals surface area contributed by atoms with Crippen LogP contribution in [0.5, 0.6) is 0 Å². The Hall–Kier alpha value is -2.53. The predicted octanol–water partition coefficient (Wildman–Crippen LogP) is 4.34. The summed E-state index contributed by atoms with van der Waals surface area (Å²) in [6, 6.07) is -2.53.